The molecule has 0 amide bonds. The van der Waals surface area contributed by atoms with Gasteiger partial charge < -0.3 is 4.90 Å². The smallest absolute Gasteiger partial charge is 0.0626 e. The molecule has 1 saturated heterocycles. The number of hydrogen-bond acceptors (Lipinski definition) is 2. The Labute approximate surface area is 91.9 Å². The maximum atomic E-state index is 4.24. The first kappa shape index (κ1) is 10.7. The van der Waals surface area contributed by atoms with Crippen molar-refractivity contribution in [3.63, 3.8) is 0 Å². The van der Waals surface area contributed by atoms with Crippen molar-refractivity contribution < 1.29 is 0 Å². The summed E-state index contributed by atoms with van der Waals surface area (Å²) in [6, 6.07) is 0. The van der Waals surface area contributed by atoms with Crippen LogP contribution < -0.4 is 0 Å². The van der Waals surface area contributed by atoms with E-state index in [1.807, 2.05) is 0 Å². The molecule has 1 aromatic rings. The van der Waals surface area contributed by atoms with Crippen molar-refractivity contribution in [1.29, 1.82) is 0 Å². The lowest BCUT2D eigenvalue weighted by Crippen LogP contribution is -2.31. The molecule has 1 aliphatic heterocycles. The van der Waals surface area contributed by atoms with Gasteiger partial charge in [-0.25, -0.2) is 0 Å². The van der Waals surface area contributed by atoms with Gasteiger partial charge in [0.25, 0.3) is 0 Å². The summed E-state index contributed by atoms with van der Waals surface area (Å²) in [6.45, 7) is 7.98. The van der Waals surface area contributed by atoms with Crippen molar-refractivity contribution in [1.82, 2.24) is 15.1 Å². The summed E-state index contributed by atoms with van der Waals surface area (Å²) < 4.78 is 0. The van der Waals surface area contributed by atoms with Gasteiger partial charge in [0, 0.05) is 12.2 Å². The molecule has 84 valence electrons. The largest absolute Gasteiger partial charge is 0.303 e. The van der Waals surface area contributed by atoms with Crippen LogP contribution in [0.4, 0.5) is 0 Å². The second kappa shape index (κ2) is 4.79. The molecule has 3 heteroatoms. The minimum absolute atomic E-state index is 1.15. The van der Waals surface area contributed by atoms with E-state index >= 15 is 0 Å². The average molecular weight is 207 g/mol. The monoisotopic (exact) mass is 207 g/mol. The fraction of sp³-hybridized carbons (Fsp3) is 0.750. The molecule has 0 spiro atoms. The molecule has 1 fully saturated rings. The fourth-order valence-corrected chi connectivity index (χ4v) is 2.40. The Morgan fingerprint density at radius 3 is 2.53 bits per heavy atom. The molecule has 2 rings (SSSR count). The zero-order valence-electron chi connectivity index (χ0n) is 9.84. The molecule has 0 atom stereocenters. The molecule has 0 aromatic carbocycles. The summed E-state index contributed by atoms with van der Waals surface area (Å²) >= 11 is 0. The van der Waals surface area contributed by atoms with E-state index in [0.29, 0.717) is 0 Å². The maximum absolute atomic E-state index is 4.24. The second-order valence-corrected chi connectivity index (χ2v) is 4.56. The number of nitrogens with one attached hydrogen (secondary N) is 1. The van der Waals surface area contributed by atoms with Crippen molar-refractivity contribution in [2.24, 2.45) is 0 Å². The zero-order valence-corrected chi connectivity index (χ0v) is 9.84. The third-order valence-electron chi connectivity index (χ3n) is 3.41. The Kier molecular flexibility index (Phi) is 3.41. The first-order chi connectivity index (χ1) is 7.27. The van der Waals surface area contributed by atoms with Gasteiger partial charge in [0.1, 0.15) is 0 Å². The van der Waals surface area contributed by atoms with E-state index in [1.54, 1.807) is 0 Å². The van der Waals surface area contributed by atoms with Crippen molar-refractivity contribution >= 4 is 0 Å². The molecule has 1 N–H and O–H groups in total. The lowest BCUT2D eigenvalue weighted by atomic mass is 10.1. The van der Waals surface area contributed by atoms with Crippen LogP contribution in [0, 0.1) is 13.8 Å². The standard InChI is InChI=1S/C12H21N3/c1-10-12(11(2)14-13-10)6-9-15-7-4-3-5-8-15/h3-9H2,1-2H3,(H,13,14). The first-order valence-corrected chi connectivity index (χ1v) is 6.00. The number of aromatic amines is 1. The molecule has 1 aromatic heterocycles. The van der Waals surface area contributed by atoms with E-state index < -0.39 is 0 Å². The quantitative estimate of drug-likeness (QED) is 0.822. The number of aromatic nitrogens is 2. The van der Waals surface area contributed by atoms with Gasteiger partial charge in [-0.3, -0.25) is 5.10 Å². The number of H-pyrrole nitrogens is 1. The predicted molar refractivity (Wildman–Crippen MR) is 62.1 cm³/mol. The summed E-state index contributed by atoms with van der Waals surface area (Å²) in [6.07, 6.45) is 5.32. The SMILES string of the molecule is Cc1n[nH]c(C)c1CCN1CCCCC1. The lowest BCUT2D eigenvalue weighted by Gasteiger charge is -2.26. The van der Waals surface area contributed by atoms with Crippen LogP contribution in [0.25, 0.3) is 0 Å². The molecule has 0 radical (unpaired) electrons. The van der Waals surface area contributed by atoms with Crippen LogP contribution in [0.5, 0.6) is 0 Å². The van der Waals surface area contributed by atoms with Gasteiger partial charge in [0.05, 0.1) is 5.69 Å². The van der Waals surface area contributed by atoms with E-state index in [9.17, 15) is 0 Å². The van der Waals surface area contributed by atoms with E-state index in [0.717, 1.165) is 6.42 Å². The highest BCUT2D eigenvalue weighted by atomic mass is 15.1. The lowest BCUT2D eigenvalue weighted by molar-refractivity contribution is 0.231. The molecule has 0 saturated carbocycles. The number of nitrogens with zero attached hydrogens (tertiary/aromatic N) is 2. The van der Waals surface area contributed by atoms with E-state index in [1.165, 1.54) is 55.8 Å². The maximum Gasteiger partial charge on any atom is 0.0626 e. The van der Waals surface area contributed by atoms with Gasteiger partial charge in [0.15, 0.2) is 0 Å². The topological polar surface area (TPSA) is 31.9 Å². The molecule has 0 aliphatic carbocycles. The zero-order chi connectivity index (χ0) is 10.7. The normalized spacial score (nSPS) is 18.3. The number of aryl methyl sites for hydroxylation is 2. The Morgan fingerprint density at radius 1 is 1.20 bits per heavy atom. The molecule has 3 nitrogen and oxygen atoms in total. The highest BCUT2D eigenvalue weighted by Gasteiger charge is 2.12. The number of likely N-dealkylation sites (tertiary alicyclic amines) is 1. The minimum Gasteiger partial charge on any atom is -0.303 e. The Morgan fingerprint density at radius 2 is 1.93 bits per heavy atom. The average Bonchev–Trinajstić information content (AvgIpc) is 2.58. The van der Waals surface area contributed by atoms with Gasteiger partial charge in [-0.1, -0.05) is 6.42 Å². The summed E-state index contributed by atoms with van der Waals surface area (Å²) in [5.41, 5.74) is 3.83. The second-order valence-electron chi connectivity index (χ2n) is 4.56. The number of rotatable bonds is 3. The third-order valence-corrected chi connectivity index (χ3v) is 3.41. The predicted octanol–water partition coefficient (Wildman–Crippen LogP) is 2.05. The molecule has 15 heavy (non-hydrogen) atoms. The molecular weight excluding hydrogens is 186 g/mol. The van der Waals surface area contributed by atoms with Gasteiger partial charge in [-0.2, -0.15) is 5.10 Å². The van der Waals surface area contributed by atoms with E-state index in [2.05, 4.69) is 28.9 Å². The highest BCUT2D eigenvalue weighted by Crippen LogP contribution is 2.13. The highest BCUT2D eigenvalue weighted by molar-refractivity contribution is 5.23. The van der Waals surface area contributed by atoms with Crippen LogP contribution in [0.1, 0.15) is 36.2 Å². The number of piperidine rings is 1. The minimum atomic E-state index is 1.15. The van der Waals surface area contributed by atoms with E-state index in [-0.39, 0.29) is 0 Å². The van der Waals surface area contributed by atoms with Gasteiger partial charge in [0.2, 0.25) is 0 Å². The molecule has 2 heterocycles. The van der Waals surface area contributed by atoms with Crippen LogP contribution >= 0.6 is 0 Å². The number of hydrogen-bond donors (Lipinski definition) is 1. The molecule has 0 bridgehead atoms. The molecular formula is C12H21N3. The Balaban J connectivity index is 1.87. The summed E-state index contributed by atoms with van der Waals surface area (Å²) in [7, 11) is 0. The van der Waals surface area contributed by atoms with Crippen LogP contribution in [0.2, 0.25) is 0 Å². The van der Waals surface area contributed by atoms with Crippen LogP contribution in [-0.4, -0.2) is 34.7 Å². The van der Waals surface area contributed by atoms with Crippen LogP contribution in [0.3, 0.4) is 0 Å². The van der Waals surface area contributed by atoms with Crippen LogP contribution in [-0.2, 0) is 6.42 Å². The van der Waals surface area contributed by atoms with Crippen molar-refractivity contribution in [2.45, 2.75) is 39.5 Å². The van der Waals surface area contributed by atoms with Crippen molar-refractivity contribution in [3.8, 4) is 0 Å². The summed E-state index contributed by atoms with van der Waals surface area (Å²) in [5, 5.41) is 7.29. The van der Waals surface area contributed by atoms with Crippen molar-refractivity contribution in [3.05, 3.63) is 17.0 Å². The fourth-order valence-electron chi connectivity index (χ4n) is 2.40. The van der Waals surface area contributed by atoms with Gasteiger partial charge in [-0.05, 0) is 51.8 Å². The summed E-state index contributed by atoms with van der Waals surface area (Å²) in [4.78, 5) is 2.58. The molecule has 1 aliphatic rings. The van der Waals surface area contributed by atoms with Crippen molar-refractivity contribution in [2.75, 3.05) is 19.6 Å². The third kappa shape index (κ3) is 2.59. The summed E-state index contributed by atoms with van der Waals surface area (Å²) in [5.74, 6) is 0. The van der Waals surface area contributed by atoms with Crippen LogP contribution in [0.15, 0.2) is 0 Å². The Bertz CT molecular complexity index is 291. The van der Waals surface area contributed by atoms with Gasteiger partial charge in [-0.15, -0.1) is 0 Å². The Hall–Kier alpha value is -0.830. The first-order valence-electron chi connectivity index (χ1n) is 6.00. The van der Waals surface area contributed by atoms with E-state index in [4.69, 9.17) is 0 Å². The molecule has 0 unspecified atom stereocenters. The van der Waals surface area contributed by atoms with Gasteiger partial charge >= 0.3 is 0 Å².